The summed E-state index contributed by atoms with van der Waals surface area (Å²) in [5.41, 5.74) is 1.56. The summed E-state index contributed by atoms with van der Waals surface area (Å²) in [6.07, 6.45) is 7.99. The second-order valence-corrected chi connectivity index (χ2v) is 6.59. The highest BCUT2D eigenvalue weighted by atomic mass is 35.5. The van der Waals surface area contributed by atoms with Gasteiger partial charge in [0.15, 0.2) is 11.5 Å². The lowest BCUT2D eigenvalue weighted by atomic mass is 10.2. The van der Waals surface area contributed by atoms with Crippen LogP contribution in [0.4, 0.5) is 5.69 Å². The lowest BCUT2D eigenvalue weighted by Gasteiger charge is -2.16. The lowest BCUT2D eigenvalue weighted by Crippen LogP contribution is -2.12. The van der Waals surface area contributed by atoms with Gasteiger partial charge in [0.05, 0.1) is 25.6 Å². The Morgan fingerprint density at radius 2 is 1.83 bits per heavy atom. The molecule has 24 heavy (non-hydrogen) atoms. The maximum absolute atomic E-state index is 6.11. The van der Waals surface area contributed by atoms with E-state index in [4.69, 9.17) is 32.7 Å². The molecule has 2 radical (unpaired) electrons. The number of hydrogen-bond acceptors (Lipinski definition) is 3. The molecule has 0 aliphatic heterocycles. The summed E-state index contributed by atoms with van der Waals surface area (Å²) < 4.78 is 11.5. The van der Waals surface area contributed by atoms with Crippen LogP contribution >= 0.6 is 23.2 Å². The van der Waals surface area contributed by atoms with E-state index >= 15 is 0 Å². The van der Waals surface area contributed by atoms with Crippen LogP contribution in [0.5, 0.6) is 11.5 Å². The Morgan fingerprint density at radius 3 is 2.50 bits per heavy atom. The molecule has 0 N–H and O–H groups in total. The van der Waals surface area contributed by atoms with E-state index in [0.29, 0.717) is 22.3 Å². The van der Waals surface area contributed by atoms with Gasteiger partial charge in [-0.3, -0.25) is 4.98 Å². The highest BCUT2D eigenvalue weighted by Gasteiger charge is 2.22. The van der Waals surface area contributed by atoms with Crippen molar-refractivity contribution < 1.29 is 9.47 Å². The van der Waals surface area contributed by atoms with Gasteiger partial charge in [-0.05, 0) is 43.9 Å². The van der Waals surface area contributed by atoms with Gasteiger partial charge in [-0.1, -0.05) is 23.2 Å². The van der Waals surface area contributed by atoms with E-state index in [1.807, 2.05) is 18.2 Å². The second-order valence-electron chi connectivity index (χ2n) is 5.78. The van der Waals surface area contributed by atoms with Gasteiger partial charge in [-0.15, -0.1) is 0 Å². The minimum Gasteiger partial charge on any atom is -0.493 e. The molecule has 4 nitrogen and oxygen atoms in total. The van der Waals surface area contributed by atoms with E-state index in [9.17, 15) is 0 Å². The van der Waals surface area contributed by atoms with Crippen LogP contribution in [0.25, 0.3) is 0 Å². The Hall–Kier alpha value is -1.49. The molecule has 0 bridgehead atoms. The van der Waals surface area contributed by atoms with Crippen molar-refractivity contribution in [3.63, 3.8) is 0 Å². The van der Waals surface area contributed by atoms with Crippen molar-refractivity contribution in [1.82, 2.24) is 10.3 Å². The first kappa shape index (κ1) is 17.3. The molecule has 1 saturated carbocycles. The highest BCUT2D eigenvalue weighted by Crippen LogP contribution is 2.33. The fourth-order valence-electron chi connectivity index (χ4n) is 2.82. The summed E-state index contributed by atoms with van der Waals surface area (Å²) in [5.74, 6) is 1.51. The molecule has 126 valence electrons. The maximum Gasteiger partial charge on any atom is 0.285 e. The Bertz CT molecular complexity index is 683. The van der Waals surface area contributed by atoms with Crippen molar-refractivity contribution in [2.24, 2.45) is 0 Å². The van der Waals surface area contributed by atoms with E-state index in [2.05, 4.69) is 10.3 Å². The van der Waals surface area contributed by atoms with E-state index in [0.717, 1.165) is 29.9 Å². The van der Waals surface area contributed by atoms with Crippen LogP contribution in [0.15, 0.2) is 30.6 Å². The topological polar surface area (TPSA) is 45.5 Å². The zero-order chi connectivity index (χ0) is 16.9. The predicted octanol–water partition coefficient (Wildman–Crippen LogP) is 5.15. The molecule has 0 saturated heterocycles. The summed E-state index contributed by atoms with van der Waals surface area (Å²) in [5, 5.41) is 5.39. The number of aromatic nitrogens is 1. The Labute approximate surface area is 152 Å². The average Bonchev–Trinajstić information content (AvgIpc) is 3.08. The van der Waals surface area contributed by atoms with E-state index in [1.165, 1.54) is 25.2 Å². The fraction of sp³-hybridized carbons (Fsp3) is 0.389. The predicted molar refractivity (Wildman–Crippen MR) is 95.6 cm³/mol. The zero-order valence-corrected chi connectivity index (χ0v) is 15.0. The first-order valence-corrected chi connectivity index (χ1v) is 8.73. The van der Waals surface area contributed by atoms with Crippen LogP contribution in [0, 0.1) is 0 Å². The number of hydrogen-bond donors (Lipinski definition) is 0. The Morgan fingerprint density at radius 1 is 1.12 bits per heavy atom. The third-order valence-corrected chi connectivity index (χ3v) is 4.63. The molecule has 1 aromatic heterocycles. The normalized spacial score (nSPS) is 14.8. The molecule has 1 aromatic carbocycles. The van der Waals surface area contributed by atoms with Gasteiger partial charge < -0.3 is 9.47 Å². The molecule has 0 unspecified atom stereocenters. The first-order valence-electron chi connectivity index (χ1n) is 7.97. The van der Waals surface area contributed by atoms with E-state index < -0.39 is 0 Å². The largest absolute Gasteiger partial charge is 0.493 e. The standard InChI is InChI=1S/C18H19Cl2N2O2/c1-23-16-7-6-12(8-17(16)24-13-4-2-3-5-13)9-22-18-14(19)10-21-11-15(18)20/h6-8,10-11,13H,2-5,9H2,1H3/q+1. The molecule has 1 aliphatic carbocycles. The number of methoxy groups -OCH3 is 1. The number of nitrogens with zero attached hydrogens (tertiary/aromatic N) is 2. The van der Waals surface area contributed by atoms with Gasteiger partial charge in [0.25, 0.3) is 5.69 Å². The smallest absolute Gasteiger partial charge is 0.285 e. The summed E-state index contributed by atoms with van der Waals surface area (Å²) in [4.78, 5) is 3.93. The lowest BCUT2D eigenvalue weighted by molar-refractivity contribution is 0.200. The molecule has 0 atom stereocenters. The summed E-state index contributed by atoms with van der Waals surface area (Å²) >= 11 is 12.2. The van der Waals surface area contributed by atoms with Crippen LogP contribution in [-0.2, 0) is 6.54 Å². The molecule has 0 spiro atoms. The van der Waals surface area contributed by atoms with Crippen molar-refractivity contribution in [2.45, 2.75) is 38.3 Å². The monoisotopic (exact) mass is 365 g/mol. The van der Waals surface area contributed by atoms with Crippen LogP contribution in [-0.4, -0.2) is 18.2 Å². The zero-order valence-electron chi connectivity index (χ0n) is 13.5. The van der Waals surface area contributed by atoms with Crippen molar-refractivity contribution in [1.29, 1.82) is 0 Å². The third-order valence-electron chi connectivity index (χ3n) is 4.07. The summed E-state index contributed by atoms with van der Waals surface area (Å²) in [7, 11) is 1.65. The molecule has 1 heterocycles. The Kier molecular flexibility index (Phi) is 5.82. The summed E-state index contributed by atoms with van der Waals surface area (Å²) in [6.45, 7) is 0.453. The van der Waals surface area contributed by atoms with Crippen molar-refractivity contribution >= 4 is 28.9 Å². The molecule has 2 aromatic rings. The molecule has 1 fully saturated rings. The fourth-order valence-corrected chi connectivity index (χ4v) is 3.31. The molecule has 0 amide bonds. The third kappa shape index (κ3) is 4.12. The van der Waals surface area contributed by atoms with Gasteiger partial charge in [-0.2, -0.15) is 0 Å². The average molecular weight is 366 g/mol. The van der Waals surface area contributed by atoms with Crippen molar-refractivity contribution in [3.8, 4) is 11.5 Å². The molecular weight excluding hydrogens is 347 g/mol. The number of rotatable bonds is 6. The number of ether oxygens (including phenoxy) is 2. The second kappa shape index (κ2) is 8.06. The van der Waals surface area contributed by atoms with Crippen molar-refractivity contribution in [2.75, 3.05) is 7.11 Å². The minimum atomic E-state index is 0.273. The molecule has 1 aliphatic rings. The van der Waals surface area contributed by atoms with Gasteiger partial charge in [0, 0.05) is 5.56 Å². The summed E-state index contributed by atoms with van der Waals surface area (Å²) in [6, 6.07) is 5.85. The van der Waals surface area contributed by atoms with E-state index in [1.54, 1.807) is 7.11 Å². The van der Waals surface area contributed by atoms with Crippen LogP contribution in [0.1, 0.15) is 31.2 Å². The SMILES string of the molecule is COc1ccc(C[N+]c2c(Cl)cncc2Cl)cc1OC1CCCC1. The van der Waals surface area contributed by atoms with Gasteiger partial charge in [0.1, 0.15) is 15.4 Å². The van der Waals surface area contributed by atoms with Crippen LogP contribution in [0.2, 0.25) is 10.0 Å². The number of pyridine rings is 1. The number of halogens is 2. The minimum absolute atomic E-state index is 0.273. The molecule has 6 heteroatoms. The van der Waals surface area contributed by atoms with Gasteiger partial charge in [0.2, 0.25) is 6.54 Å². The molecular formula is C18H19Cl2N2O2+. The van der Waals surface area contributed by atoms with Crippen LogP contribution in [0.3, 0.4) is 0 Å². The van der Waals surface area contributed by atoms with Gasteiger partial charge in [-0.25, -0.2) is 0 Å². The first-order chi connectivity index (χ1) is 11.7. The van der Waals surface area contributed by atoms with Crippen LogP contribution < -0.4 is 14.8 Å². The van der Waals surface area contributed by atoms with Gasteiger partial charge >= 0.3 is 0 Å². The Balaban J connectivity index is 1.73. The number of benzene rings is 1. The highest BCUT2D eigenvalue weighted by molar-refractivity contribution is 6.38. The maximum atomic E-state index is 6.11. The quantitative estimate of drug-likeness (QED) is 0.710. The van der Waals surface area contributed by atoms with Crippen molar-refractivity contribution in [3.05, 3.63) is 46.2 Å². The molecule has 3 rings (SSSR count). The van der Waals surface area contributed by atoms with E-state index in [-0.39, 0.29) is 6.10 Å².